The van der Waals surface area contributed by atoms with Gasteiger partial charge in [-0.05, 0) is 84.9 Å². The number of halogens is 1. The summed E-state index contributed by atoms with van der Waals surface area (Å²) in [5.41, 5.74) is 8.31. The van der Waals surface area contributed by atoms with Gasteiger partial charge in [0, 0.05) is 8.99 Å². The third-order valence-corrected chi connectivity index (χ3v) is 6.36. The molecule has 4 aromatic carbocycles. The molecule has 26 heavy (non-hydrogen) atoms. The number of benzene rings is 4. The fraction of sp³-hybridized carbons (Fsp3) is 0.120. The maximum Gasteiger partial charge on any atom is 0.0165 e. The zero-order valence-corrected chi connectivity index (χ0v) is 17.0. The Kier molecular flexibility index (Phi) is 3.51. The number of rotatable bonds is 1. The first-order valence-electron chi connectivity index (χ1n) is 8.99. The number of hydrogen-bond donors (Lipinski definition) is 0. The smallest absolute Gasteiger partial charge is 0.0165 e. The molecule has 0 fully saturated rings. The average molecular weight is 446 g/mol. The Morgan fingerprint density at radius 1 is 0.654 bits per heavy atom. The van der Waals surface area contributed by atoms with Gasteiger partial charge in [0.25, 0.3) is 0 Å². The molecule has 0 nitrogen and oxygen atoms in total. The summed E-state index contributed by atoms with van der Waals surface area (Å²) < 4.78 is 1.28. The maximum absolute atomic E-state index is 2.39. The molecule has 126 valence electrons. The molecule has 0 radical (unpaired) electrons. The molecule has 0 N–H and O–H groups in total. The summed E-state index contributed by atoms with van der Waals surface area (Å²) in [5.74, 6) is 0. The van der Waals surface area contributed by atoms with Gasteiger partial charge in [-0.3, -0.25) is 0 Å². The van der Waals surface area contributed by atoms with E-state index in [0.29, 0.717) is 0 Å². The van der Waals surface area contributed by atoms with E-state index in [0.717, 1.165) is 0 Å². The van der Waals surface area contributed by atoms with Crippen molar-refractivity contribution in [3.05, 3.63) is 93.6 Å². The van der Waals surface area contributed by atoms with Crippen molar-refractivity contribution in [2.75, 3.05) is 0 Å². The monoisotopic (exact) mass is 446 g/mol. The minimum absolute atomic E-state index is 0.0165. The lowest BCUT2D eigenvalue weighted by atomic mass is 9.78. The summed E-state index contributed by atoms with van der Waals surface area (Å²) in [4.78, 5) is 0. The average Bonchev–Trinajstić information content (AvgIpc) is 2.89. The third kappa shape index (κ3) is 2.26. The van der Waals surface area contributed by atoms with Gasteiger partial charge in [0.1, 0.15) is 0 Å². The molecule has 0 atom stereocenters. The van der Waals surface area contributed by atoms with Crippen LogP contribution in [0.2, 0.25) is 0 Å². The Bertz CT molecular complexity index is 1170. The molecule has 1 aliphatic carbocycles. The van der Waals surface area contributed by atoms with Crippen LogP contribution in [0.25, 0.3) is 33.0 Å². The van der Waals surface area contributed by atoms with Crippen LogP contribution in [0, 0.1) is 3.57 Å². The maximum atomic E-state index is 2.39. The lowest BCUT2D eigenvalue weighted by Crippen LogP contribution is -2.16. The van der Waals surface area contributed by atoms with Crippen LogP contribution < -0.4 is 0 Å². The molecular weight excluding hydrogens is 427 g/mol. The summed E-state index contributed by atoms with van der Waals surface area (Å²) in [6.07, 6.45) is 0. The molecular formula is C25H19I. The highest BCUT2D eigenvalue weighted by atomic mass is 127. The van der Waals surface area contributed by atoms with E-state index in [2.05, 4.69) is 115 Å². The molecule has 0 aliphatic heterocycles. The quantitative estimate of drug-likeness (QED) is 0.267. The molecule has 4 aromatic rings. The molecule has 1 heteroatoms. The van der Waals surface area contributed by atoms with E-state index >= 15 is 0 Å². The minimum Gasteiger partial charge on any atom is -0.0619 e. The van der Waals surface area contributed by atoms with Gasteiger partial charge in [0.05, 0.1) is 0 Å². The van der Waals surface area contributed by atoms with E-state index in [1.165, 1.54) is 47.7 Å². The topological polar surface area (TPSA) is 0 Å². The first kappa shape index (κ1) is 16.1. The predicted octanol–water partition coefficient (Wildman–Crippen LogP) is 7.42. The van der Waals surface area contributed by atoms with Crippen LogP contribution in [0.3, 0.4) is 0 Å². The van der Waals surface area contributed by atoms with Crippen molar-refractivity contribution in [1.82, 2.24) is 0 Å². The van der Waals surface area contributed by atoms with Crippen LogP contribution in [0.4, 0.5) is 0 Å². The van der Waals surface area contributed by atoms with Crippen molar-refractivity contribution in [3.8, 4) is 22.3 Å². The molecule has 0 saturated heterocycles. The van der Waals surface area contributed by atoms with Gasteiger partial charge in [0.2, 0.25) is 0 Å². The summed E-state index contributed by atoms with van der Waals surface area (Å²) >= 11 is 2.39. The summed E-state index contributed by atoms with van der Waals surface area (Å²) in [5, 5.41) is 2.60. The Morgan fingerprint density at radius 3 is 2.27 bits per heavy atom. The lowest BCUT2D eigenvalue weighted by molar-refractivity contribution is 0.662. The summed E-state index contributed by atoms with van der Waals surface area (Å²) in [6, 6.07) is 29.1. The van der Waals surface area contributed by atoms with Gasteiger partial charge >= 0.3 is 0 Å². The van der Waals surface area contributed by atoms with Crippen LogP contribution in [0.15, 0.2) is 78.9 Å². The van der Waals surface area contributed by atoms with Crippen LogP contribution in [0.1, 0.15) is 25.0 Å². The van der Waals surface area contributed by atoms with Crippen LogP contribution >= 0.6 is 22.6 Å². The second-order valence-corrected chi connectivity index (χ2v) is 8.85. The Hall–Kier alpha value is -2.13. The van der Waals surface area contributed by atoms with Crippen LogP contribution in [-0.4, -0.2) is 0 Å². The minimum atomic E-state index is 0.0165. The highest BCUT2D eigenvalue weighted by molar-refractivity contribution is 14.1. The van der Waals surface area contributed by atoms with Crippen molar-refractivity contribution in [2.45, 2.75) is 19.3 Å². The van der Waals surface area contributed by atoms with E-state index in [1.807, 2.05) is 0 Å². The van der Waals surface area contributed by atoms with Gasteiger partial charge < -0.3 is 0 Å². The summed E-state index contributed by atoms with van der Waals surface area (Å²) in [6.45, 7) is 4.70. The van der Waals surface area contributed by atoms with E-state index in [9.17, 15) is 0 Å². The highest BCUT2D eigenvalue weighted by Crippen LogP contribution is 2.52. The van der Waals surface area contributed by atoms with Crippen molar-refractivity contribution >= 4 is 33.4 Å². The van der Waals surface area contributed by atoms with Crippen LogP contribution in [0.5, 0.6) is 0 Å². The molecule has 0 aromatic heterocycles. The molecule has 0 spiro atoms. The van der Waals surface area contributed by atoms with Gasteiger partial charge in [-0.1, -0.05) is 74.5 Å². The fourth-order valence-corrected chi connectivity index (χ4v) is 4.99. The first-order valence-corrected chi connectivity index (χ1v) is 10.1. The van der Waals surface area contributed by atoms with Crippen molar-refractivity contribution < 1.29 is 0 Å². The Labute approximate surface area is 168 Å². The van der Waals surface area contributed by atoms with Gasteiger partial charge in [0.15, 0.2) is 0 Å². The number of hydrogen-bond acceptors (Lipinski definition) is 0. The van der Waals surface area contributed by atoms with Crippen molar-refractivity contribution in [2.24, 2.45) is 0 Å². The van der Waals surface area contributed by atoms with Gasteiger partial charge in [-0.15, -0.1) is 0 Å². The number of fused-ring (bicyclic) bond motifs is 4. The Morgan fingerprint density at radius 2 is 1.38 bits per heavy atom. The van der Waals surface area contributed by atoms with Gasteiger partial charge in [-0.2, -0.15) is 0 Å². The molecule has 0 bridgehead atoms. The first-order chi connectivity index (χ1) is 12.6. The zero-order chi connectivity index (χ0) is 17.9. The molecule has 1 aliphatic rings. The Balaban J connectivity index is 1.79. The van der Waals surface area contributed by atoms with E-state index < -0.39 is 0 Å². The molecule has 5 rings (SSSR count). The normalized spacial score (nSPS) is 14.3. The lowest BCUT2D eigenvalue weighted by Gasteiger charge is -2.24. The molecule has 0 amide bonds. The standard InChI is InChI=1S/C25H19I/c1-25(2)23-9-4-3-6-21(23)22-8-5-7-20(24(22)25)17-11-10-16-12-13-19(26)15-18(16)14-17/h3-15H,1-2H3. The second-order valence-electron chi connectivity index (χ2n) is 7.60. The third-order valence-electron chi connectivity index (χ3n) is 5.69. The van der Waals surface area contributed by atoms with Crippen molar-refractivity contribution in [1.29, 1.82) is 0 Å². The molecule has 0 unspecified atom stereocenters. The highest BCUT2D eigenvalue weighted by Gasteiger charge is 2.37. The van der Waals surface area contributed by atoms with Crippen LogP contribution in [-0.2, 0) is 5.41 Å². The summed E-state index contributed by atoms with van der Waals surface area (Å²) in [7, 11) is 0. The largest absolute Gasteiger partial charge is 0.0619 e. The zero-order valence-electron chi connectivity index (χ0n) is 14.9. The van der Waals surface area contributed by atoms with E-state index in [1.54, 1.807) is 0 Å². The van der Waals surface area contributed by atoms with E-state index in [-0.39, 0.29) is 5.41 Å². The fourth-order valence-electron chi connectivity index (χ4n) is 4.47. The SMILES string of the molecule is CC1(C)c2ccccc2-c2cccc(-c3ccc4ccc(I)cc4c3)c21. The van der Waals surface area contributed by atoms with E-state index in [4.69, 9.17) is 0 Å². The predicted molar refractivity (Wildman–Crippen MR) is 120 cm³/mol. The molecule has 0 saturated carbocycles. The molecule has 0 heterocycles. The van der Waals surface area contributed by atoms with Gasteiger partial charge in [-0.25, -0.2) is 0 Å². The van der Waals surface area contributed by atoms with Crippen molar-refractivity contribution in [3.63, 3.8) is 0 Å². The second kappa shape index (κ2) is 5.68.